The molecule has 0 radical (unpaired) electrons. The highest BCUT2D eigenvalue weighted by molar-refractivity contribution is 5.69. The van der Waals surface area contributed by atoms with Crippen LogP contribution in [0.4, 0.5) is 0 Å². The molecule has 0 aromatic heterocycles. The molecule has 0 aliphatic carbocycles. The number of esters is 1. The van der Waals surface area contributed by atoms with E-state index in [1.165, 1.54) is 7.11 Å². The van der Waals surface area contributed by atoms with Crippen LogP contribution in [-0.2, 0) is 19.0 Å². The second-order valence-corrected chi connectivity index (χ2v) is 4.54. The van der Waals surface area contributed by atoms with Crippen LogP contribution in [0.3, 0.4) is 0 Å². The van der Waals surface area contributed by atoms with Crippen LogP contribution < -0.4 is 0 Å². The summed E-state index contributed by atoms with van der Waals surface area (Å²) in [4.78, 5) is 11.1. The van der Waals surface area contributed by atoms with Crippen LogP contribution in [0.1, 0.15) is 29.9 Å². The van der Waals surface area contributed by atoms with Gasteiger partial charge in [-0.2, -0.15) is 0 Å². The molecule has 1 aromatic rings. The minimum absolute atomic E-state index is 0.266. The molecule has 2 N–H and O–H groups in total. The molecular weight excluding hydrogens is 264 g/mol. The lowest BCUT2D eigenvalue weighted by Crippen LogP contribution is -2.22. The quantitative estimate of drug-likeness (QED) is 0.773. The average Bonchev–Trinajstić information content (AvgIpc) is 3.00. The van der Waals surface area contributed by atoms with E-state index in [0.717, 1.165) is 5.56 Å². The Morgan fingerprint density at radius 3 is 2.75 bits per heavy atom. The van der Waals surface area contributed by atoms with E-state index >= 15 is 0 Å². The highest BCUT2D eigenvalue weighted by atomic mass is 16.7. The maximum atomic E-state index is 11.1. The zero-order valence-electron chi connectivity index (χ0n) is 11.2. The summed E-state index contributed by atoms with van der Waals surface area (Å²) in [6, 6.07) is 6.92. The van der Waals surface area contributed by atoms with E-state index in [1.807, 2.05) is 6.07 Å². The van der Waals surface area contributed by atoms with Gasteiger partial charge in [0.1, 0.15) is 6.10 Å². The molecule has 1 fully saturated rings. The molecule has 6 nitrogen and oxygen atoms in total. The van der Waals surface area contributed by atoms with Gasteiger partial charge >= 0.3 is 5.97 Å². The molecule has 110 valence electrons. The minimum atomic E-state index is -1.22. The van der Waals surface area contributed by atoms with Gasteiger partial charge in [0.05, 0.1) is 32.8 Å². The van der Waals surface area contributed by atoms with Gasteiger partial charge in [0.25, 0.3) is 0 Å². The summed E-state index contributed by atoms with van der Waals surface area (Å²) >= 11 is 0. The molecular formula is C14H18O6. The fourth-order valence-corrected chi connectivity index (χ4v) is 2.03. The SMILES string of the molecule is COC(=O)CC(O)C(O)c1cccc(C2OCCO2)c1. The van der Waals surface area contributed by atoms with E-state index in [0.29, 0.717) is 18.8 Å². The van der Waals surface area contributed by atoms with Crippen LogP contribution in [0.25, 0.3) is 0 Å². The lowest BCUT2D eigenvalue weighted by Gasteiger charge is -2.18. The summed E-state index contributed by atoms with van der Waals surface area (Å²) in [6.45, 7) is 1.06. The van der Waals surface area contributed by atoms with E-state index in [2.05, 4.69) is 4.74 Å². The monoisotopic (exact) mass is 282 g/mol. The van der Waals surface area contributed by atoms with Crippen molar-refractivity contribution in [1.82, 2.24) is 0 Å². The van der Waals surface area contributed by atoms with E-state index in [-0.39, 0.29) is 6.42 Å². The summed E-state index contributed by atoms with van der Waals surface area (Å²) in [5, 5.41) is 19.9. The predicted molar refractivity (Wildman–Crippen MR) is 68.7 cm³/mol. The molecule has 6 heteroatoms. The van der Waals surface area contributed by atoms with Crippen molar-refractivity contribution in [2.24, 2.45) is 0 Å². The number of aliphatic hydroxyl groups excluding tert-OH is 2. The first-order chi connectivity index (χ1) is 9.61. The van der Waals surface area contributed by atoms with Crippen LogP contribution in [0.15, 0.2) is 24.3 Å². The number of benzene rings is 1. The highest BCUT2D eigenvalue weighted by Gasteiger charge is 2.24. The van der Waals surface area contributed by atoms with Gasteiger partial charge in [0.2, 0.25) is 0 Å². The first-order valence-electron chi connectivity index (χ1n) is 6.38. The number of carbonyl (C=O) groups is 1. The molecule has 1 aromatic carbocycles. The number of hydrogen-bond acceptors (Lipinski definition) is 6. The predicted octanol–water partition coefficient (Wildman–Crippen LogP) is 0.689. The van der Waals surface area contributed by atoms with E-state index in [9.17, 15) is 15.0 Å². The largest absolute Gasteiger partial charge is 0.469 e. The van der Waals surface area contributed by atoms with Gasteiger partial charge in [0.15, 0.2) is 6.29 Å². The first kappa shape index (κ1) is 14.9. The standard InChI is InChI=1S/C14H18O6/c1-18-12(16)8-11(15)13(17)9-3-2-4-10(7-9)14-19-5-6-20-14/h2-4,7,11,13-15,17H,5-6,8H2,1H3. The second-order valence-electron chi connectivity index (χ2n) is 4.54. The van der Waals surface area contributed by atoms with E-state index < -0.39 is 24.5 Å². The molecule has 0 spiro atoms. The topological polar surface area (TPSA) is 85.2 Å². The van der Waals surface area contributed by atoms with Gasteiger partial charge in [-0.3, -0.25) is 4.79 Å². The van der Waals surface area contributed by atoms with Crippen LogP contribution in [0.2, 0.25) is 0 Å². The van der Waals surface area contributed by atoms with E-state index in [1.54, 1.807) is 18.2 Å². The first-order valence-corrected chi connectivity index (χ1v) is 6.38. The normalized spacial score (nSPS) is 18.8. The number of methoxy groups -OCH3 is 1. The van der Waals surface area contributed by atoms with Crippen LogP contribution in [-0.4, -0.2) is 42.6 Å². The van der Waals surface area contributed by atoms with Crippen molar-refractivity contribution in [3.8, 4) is 0 Å². The third-order valence-corrected chi connectivity index (χ3v) is 3.11. The third-order valence-electron chi connectivity index (χ3n) is 3.11. The number of rotatable bonds is 5. The zero-order chi connectivity index (χ0) is 14.5. The Labute approximate surface area is 116 Å². The van der Waals surface area contributed by atoms with Gasteiger partial charge in [0, 0.05) is 5.56 Å². The molecule has 2 atom stereocenters. The summed E-state index contributed by atoms with van der Waals surface area (Å²) in [7, 11) is 1.23. The molecule has 20 heavy (non-hydrogen) atoms. The van der Waals surface area contributed by atoms with Gasteiger partial charge in [-0.1, -0.05) is 18.2 Å². The Hall–Kier alpha value is -1.47. The van der Waals surface area contributed by atoms with Gasteiger partial charge in [-0.05, 0) is 11.6 Å². The lowest BCUT2D eigenvalue weighted by molar-refractivity contribution is -0.144. The van der Waals surface area contributed by atoms with Crippen molar-refractivity contribution in [3.63, 3.8) is 0 Å². The lowest BCUT2D eigenvalue weighted by atomic mass is 10.00. The molecule has 1 aliphatic rings. The number of aliphatic hydroxyl groups is 2. The smallest absolute Gasteiger partial charge is 0.308 e. The van der Waals surface area contributed by atoms with Crippen molar-refractivity contribution in [3.05, 3.63) is 35.4 Å². The Bertz CT molecular complexity index is 455. The zero-order valence-corrected chi connectivity index (χ0v) is 11.2. The van der Waals surface area contributed by atoms with Gasteiger partial charge in [-0.25, -0.2) is 0 Å². The number of ether oxygens (including phenoxy) is 3. The summed E-state index contributed by atoms with van der Waals surface area (Å²) in [6.07, 6.45) is -3.10. The molecule has 2 unspecified atom stereocenters. The maximum absolute atomic E-state index is 11.1. The average molecular weight is 282 g/mol. The Morgan fingerprint density at radius 2 is 2.10 bits per heavy atom. The fraction of sp³-hybridized carbons (Fsp3) is 0.500. The van der Waals surface area contributed by atoms with Crippen molar-refractivity contribution >= 4 is 5.97 Å². The van der Waals surface area contributed by atoms with Gasteiger partial charge in [-0.15, -0.1) is 0 Å². The second kappa shape index (κ2) is 6.81. The Kier molecular flexibility index (Phi) is 5.08. The molecule has 1 aliphatic heterocycles. The highest BCUT2D eigenvalue weighted by Crippen LogP contribution is 2.27. The summed E-state index contributed by atoms with van der Waals surface area (Å²) < 4.78 is 15.2. The van der Waals surface area contributed by atoms with Crippen molar-refractivity contribution < 1.29 is 29.2 Å². The summed E-state index contributed by atoms with van der Waals surface area (Å²) in [5.74, 6) is -0.574. The molecule has 0 saturated carbocycles. The van der Waals surface area contributed by atoms with Crippen LogP contribution in [0.5, 0.6) is 0 Å². The van der Waals surface area contributed by atoms with Crippen LogP contribution >= 0.6 is 0 Å². The molecule has 1 heterocycles. The fourth-order valence-electron chi connectivity index (χ4n) is 2.03. The Balaban J connectivity index is 2.07. The number of hydrogen-bond donors (Lipinski definition) is 2. The van der Waals surface area contributed by atoms with E-state index in [4.69, 9.17) is 9.47 Å². The molecule has 2 rings (SSSR count). The maximum Gasteiger partial charge on any atom is 0.308 e. The van der Waals surface area contributed by atoms with Gasteiger partial charge < -0.3 is 24.4 Å². The third kappa shape index (κ3) is 3.55. The molecule has 0 amide bonds. The number of carbonyl (C=O) groups excluding carboxylic acids is 1. The van der Waals surface area contributed by atoms with Crippen molar-refractivity contribution in [2.45, 2.75) is 24.9 Å². The van der Waals surface area contributed by atoms with Crippen molar-refractivity contribution in [2.75, 3.05) is 20.3 Å². The summed E-state index contributed by atoms with van der Waals surface area (Å²) in [5.41, 5.74) is 1.27. The van der Waals surface area contributed by atoms with Crippen molar-refractivity contribution in [1.29, 1.82) is 0 Å². The minimum Gasteiger partial charge on any atom is -0.469 e. The molecule has 0 bridgehead atoms. The molecule has 1 saturated heterocycles. The Morgan fingerprint density at radius 1 is 1.40 bits per heavy atom. The van der Waals surface area contributed by atoms with Crippen LogP contribution in [0, 0.1) is 0 Å².